The van der Waals surface area contributed by atoms with Gasteiger partial charge < -0.3 is 9.64 Å². The third-order valence-electron chi connectivity index (χ3n) is 2.02. The second-order valence-corrected chi connectivity index (χ2v) is 2.86. The summed E-state index contributed by atoms with van der Waals surface area (Å²) >= 11 is 0. The zero-order chi connectivity index (χ0) is 9.10. The molecule has 0 aromatic carbocycles. The summed E-state index contributed by atoms with van der Waals surface area (Å²) in [5.41, 5.74) is 0.474. The lowest BCUT2D eigenvalue weighted by Crippen LogP contribution is -2.40. The smallest absolute Gasteiger partial charge is 0.274 e. The van der Waals surface area contributed by atoms with E-state index in [1.54, 1.807) is 17.2 Å². The molecule has 1 aromatic heterocycles. The minimum absolute atomic E-state index is 0.0236. The highest BCUT2D eigenvalue weighted by Crippen LogP contribution is 2.03. The highest BCUT2D eigenvalue weighted by atomic mass is 16.5. The van der Waals surface area contributed by atoms with Gasteiger partial charge in [-0.05, 0) is 6.07 Å². The molecule has 1 amide bonds. The number of nitrogens with one attached hydrogen (secondary N) is 1. The lowest BCUT2D eigenvalue weighted by Gasteiger charge is -2.25. The predicted molar refractivity (Wildman–Crippen MR) is 45.3 cm³/mol. The molecule has 13 heavy (non-hydrogen) atoms. The number of H-pyrrole nitrogens is 1. The summed E-state index contributed by atoms with van der Waals surface area (Å²) in [6.07, 6.45) is 1.65. The van der Waals surface area contributed by atoms with Crippen LogP contribution >= 0.6 is 0 Å². The van der Waals surface area contributed by atoms with E-state index in [2.05, 4.69) is 10.2 Å². The topological polar surface area (TPSA) is 58.2 Å². The summed E-state index contributed by atoms with van der Waals surface area (Å²) in [5.74, 6) is -0.0236. The zero-order valence-electron chi connectivity index (χ0n) is 7.19. The Morgan fingerprint density at radius 2 is 2.31 bits per heavy atom. The predicted octanol–water partition coefficient (Wildman–Crippen LogP) is -0.118. The first-order valence-electron chi connectivity index (χ1n) is 4.25. The Balaban J connectivity index is 2.04. The minimum Gasteiger partial charge on any atom is -0.378 e. The van der Waals surface area contributed by atoms with E-state index in [0.29, 0.717) is 32.0 Å². The molecule has 0 radical (unpaired) electrons. The van der Waals surface area contributed by atoms with Crippen LogP contribution in [0.5, 0.6) is 0 Å². The Morgan fingerprint density at radius 1 is 1.54 bits per heavy atom. The molecule has 70 valence electrons. The second-order valence-electron chi connectivity index (χ2n) is 2.86. The summed E-state index contributed by atoms with van der Waals surface area (Å²) < 4.78 is 5.15. The number of hydrogen-bond donors (Lipinski definition) is 1. The monoisotopic (exact) mass is 181 g/mol. The molecule has 1 aliphatic heterocycles. The lowest BCUT2D eigenvalue weighted by atomic mass is 10.3. The quantitative estimate of drug-likeness (QED) is 0.657. The molecule has 0 atom stereocenters. The number of amides is 1. The highest BCUT2D eigenvalue weighted by molar-refractivity contribution is 5.92. The molecule has 1 aliphatic rings. The van der Waals surface area contributed by atoms with Crippen molar-refractivity contribution in [3.63, 3.8) is 0 Å². The van der Waals surface area contributed by atoms with Crippen molar-refractivity contribution in [3.05, 3.63) is 18.0 Å². The molecule has 5 nitrogen and oxygen atoms in total. The van der Waals surface area contributed by atoms with Gasteiger partial charge in [0.2, 0.25) is 0 Å². The molecular weight excluding hydrogens is 170 g/mol. The fraction of sp³-hybridized carbons (Fsp3) is 0.500. The van der Waals surface area contributed by atoms with Crippen LogP contribution in [0.4, 0.5) is 0 Å². The van der Waals surface area contributed by atoms with Crippen molar-refractivity contribution < 1.29 is 9.53 Å². The maximum Gasteiger partial charge on any atom is 0.274 e. The van der Waals surface area contributed by atoms with E-state index in [-0.39, 0.29) is 5.91 Å². The molecule has 1 N–H and O–H groups in total. The Kier molecular flexibility index (Phi) is 2.27. The summed E-state index contributed by atoms with van der Waals surface area (Å²) in [6, 6.07) is 1.68. The number of hydrogen-bond acceptors (Lipinski definition) is 3. The molecule has 1 aromatic rings. The van der Waals surface area contributed by atoms with Gasteiger partial charge in [-0.15, -0.1) is 0 Å². The largest absolute Gasteiger partial charge is 0.378 e. The summed E-state index contributed by atoms with van der Waals surface area (Å²) in [6.45, 7) is 2.56. The van der Waals surface area contributed by atoms with Crippen LogP contribution in [0.2, 0.25) is 0 Å². The van der Waals surface area contributed by atoms with Crippen molar-refractivity contribution in [2.24, 2.45) is 0 Å². The summed E-state index contributed by atoms with van der Waals surface area (Å²) in [7, 11) is 0. The van der Waals surface area contributed by atoms with Crippen LogP contribution in [0.25, 0.3) is 0 Å². The maximum atomic E-state index is 11.6. The Labute approximate surface area is 75.7 Å². The van der Waals surface area contributed by atoms with Gasteiger partial charge >= 0.3 is 0 Å². The Bertz CT molecular complexity index is 278. The van der Waals surface area contributed by atoms with E-state index in [4.69, 9.17) is 4.74 Å². The average molecular weight is 181 g/mol. The van der Waals surface area contributed by atoms with Gasteiger partial charge in [0.1, 0.15) is 5.69 Å². The molecule has 0 spiro atoms. The molecule has 2 rings (SSSR count). The van der Waals surface area contributed by atoms with Crippen LogP contribution in [-0.2, 0) is 4.74 Å². The fourth-order valence-electron chi connectivity index (χ4n) is 1.31. The van der Waals surface area contributed by atoms with Crippen molar-refractivity contribution in [2.75, 3.05) is 26.3 Å². The SMILES string of the molecule is O=C(c1cc[nH]n1)N1CCOCC1. The number of rotatable bonds is 1. The van der Waals surface area contributed by atoms with Crippen LogP contribution in [0, 0.1) is 0 Å². The molecule has 5 heteroatoms. The fourth-order valence-corrected chi connectivity index (χ4v) is 1.31. The van der Waals surface area contributed by atoms with E-state index in [9.17, 15) is 4.79 Å². The normalized spacial score (nSPS) is 17.4. The Hall–Kier alpha value is -1.36. The van der Waals surface area contributed by atoms with Gasteiger partial charge in [-0.2, -0.15) is 5.10 Å². The maximum absolute atomic E-state index is 11.6. The van der Waals surface area contributed by atoms with Crippen molar-refractivity contribution in [2.45, 2.75) is 0 Å². The Morgan fingerprint density at radius 3 is 2.92 bits per heavy atom. The van der Waals surface area contributed by atoms with Gasteiger partial charge in [0, 0.05) is 19.3 Å². The van der Waals surface area contributed by atoms with E-state index in [1.807, 2.05) is 0 Å². The lowest BCUT2D eigenvalue weighted by molar-refractivity contribution is 0.0299. The average Bonchev–Trinajstić information content (AvgIpc) is 2.71. The number of aromatic amines is 1. The van der Waals surface area contributed by atoms with Gasteiger partial charge in [-0.3, -0.25) is 9.89 Å². The van der Waals surface area contributed by atoms with Gasteiger partial charge in [-0.1, -0.05) is 0 Å². The van der Waals surface area contributed by atoms with Gasteiger partial charge in [0.05, 0.1) is 13.2 Å². The van der Waals surface area contributed by atoms with Gasteiger partial charge in [0.15, 0.2) is 0 Å². The highest BCUT2D eigenvalue weighted by Gasteiger charge is 2.19. The minimum atomic E-state index is -0.0236. The third-order valence-corrected chi connectivity index (χ3v) is 2.02. The van der Waals surface area contributed by atoms with Crippen molar-refractivity contribution in [3.8, 4) is 0 Å². The second kappa shape index (κ2) is 3.57. The van der Waals surface area contributed by atoms with E-state index in [1.165, 1.54) is 0 Å². The van der Waals surface area contributed by atoms with Gasteiger partial charge in [0.25, 0.3) is 5.91 Å². The van der Waals surface area contributed by atoms with E-state index in [0.717, 1.165) is 0 Å². The number of ether oxygens (including phenoxy) is 1. The number of carbonyl (C=O) groups is 1. The van der Waals surface area contributed by atoms with Gasteiger partial charge in [-0.25, -0.2) is 0 Å². The molecule has 1 fully saturated rings. The molecule has 1 saturated heterocycles. The van der Waals surface area contributed by atoms with E-state index >= 15 is 0 Å². The number of carbonyl (C=O) groups excluding carboxylic acids is 1. The first-order valence-corrected chi connectivity index (χ1v) is 4.25. The van der Waals surface area contributed by atoms with Crippen LogP contribution in [-0.4, -0.2) is 47.3 Å². The molecular formula is C8H11N3O2. The summed E-state index contributed by atoms with van der Waals surface area (Å²) in [4.78, 5) is 13.4. The molecule has 0 bridgehead atoms. The molecule has 0 saturated carbocycles. The third kappa shape index (κ3) is 1.70. The van der Waals surface area contributed by atoms with Crippen LogP contribution in [0.3, 0.4) is 0 Å². The first kappa shape index (κ1) is 8.25. The van der Waals surface area contributed by atoms with Crippen LogP contribution in [0.1, 0.15) is 10.5 Å². The standard InChI is InChI=1S/C8H11N3O2/c12-8(7-1-2-9-10-7)11-3-5-13-6-4-11/h1-2H,3-6H2,(H,9,10). The number of aromatic nitrogens is 2. The van der Waals surface area contributed by atoms with Crippen molar-refractivity contribution in [1.29, 1.82) is 0 Å². The van der Waals surface area contributed by atoms with Crippen LogP contribution in [0.15, 0.2) is 12.3 Å². The van der Waals surface area contributed by atoms with Crippen molar-refractivity contribution in [1.82, 2.24) is 15.1 Å². The molecule has 2 heterocycles. The van der Waals surface area contributed by atoms with Crippen LogP contribution < -0.4 is 0 Å². The van der Waals surface area contributed by atoms with Crippen molar-refractivity contribution >= 4 is 5.91 Å². The summed E-state index contributed by atoms with van der Waals surface area (Å²) in [5, 5.41) is 6.46. The molecule has 0 unspecified atom stereocenters. The number of nitrogens with zero attached hydrogens (tertiary/aromatic N) is 2. The molecule has 0 aliphatic carbocycles. The first-order chi connectivity index (χ1) is 6.38. The number of morpholine rings is 1. The zero-order valence-corrected chi connectivity index (χ0v) is 7.19. The van der Waals surface area contributed by atoms with E-state index < -0.39 is 0 Å².